The molecule has 0 atom stereocenters. The molecule has 0 radical (unpaired) electrons. The van der Waals surface area contributed by atoms with Crippen molar-refractivity contribution >= 4 is 35.2 Å². The van der Waals surface area contributed by atoms with Crippen LogP contribution in [-0.2, 0) is 4.94 Å². The van der Waals surface area contributed by atoms with Gasteiger partial charge in [-0.1, -0.05) is 22.8 Å². The molecule has 138 valence electrons. The summed E-state index contributed by atoms with van der Waals surface area (Å²) in [6.45, 7) is 0. The lowest BCUT2D eigenvalue weighted by molar-refractivity contribution is 0.102. The predicted molar refractivity (Wildman–Crippen MR) is 99.0 cm³/mol. The molecule has 0 saturated heterocycles. The molecule has 3 rings (SSSR count). The topological polar surface area (TPSA) is 111 Å². The number of hydrogen-bond donors (Lipinski definition) is 2. The van der Waals surface area contributed by atoms with Crippen LogP contribution < -0.4 is 15.5 Å². The SMILES string of the molecule is COc1ccc(C(=O)Nc2nonc2/C=N/ONc2cccc(Cl)c2)cc1. The van der Waals surface area contributed by atoms with Crippen molar-refractivity contribution in [1.29, 1.82) is 0 Å². The molecule has 0 saturated carbocycles. The Morgan fingerprint density at radius 2 is 2.04 bits per heavy atom. The Morgan fingerprint density at radius 3 is 2.78 bits per heavy atom. The molecule has 0 aliphatic heterocycles. The number of carbonyl (C=O) groups is 1. The van der Waals surface area contributed by atoms with Crippen molar-refractivity contribution in [2.24, 2.45) is 5.16 Å². The van der Waals surface area contributed by atoms with Gasteiger partial charge in [0.2, 0.25) is 5.82 Å². The van der Waals surface area contributed by atoms with Gasteiger partial charge in [0.25, 0.3) is 5.91 Å². The zero-order chi connectivity index (χ0) is 19.1. The molecule has 1 amide bonds. The fraction of sp³-hybridized carbons (Fsp3) is 0.0588. The van der Waals surface area contributed by atoms with Gasteiger partial charge >= 0.3 is 0 Å². The normalized spacial score (nSPS) is 10.6. The Hall–Kier alpha value is -3.59. The van der Waals surface area contributed by atoms with E-state index >= 15 is 0 Å². The second-order valence-electron chi connectivity index (χ2n) is 5.12. The van der Waals surface area contributed by atoms with Crippen LogP contribution in [0.2, 0.25) is 5.02 Å². The Balaban J connectivity index is 1.58. The summed E-state index contributed by atoms with van der Waals surface area (Å²) in [5.74, 6) is 0.360. The lowest BCUT2D eigenvalue weighted by Gasteiger charge is -2.03. The fourth-order valence-electron chi connectivity index (χ4n) is 2.00. The number of methoxy groups -OCH3 is 1. The summed E-state index contributed by atoms with van der Waals surface area (Å²) in [7, 11) is 1.55. The van der Waals surface area contributed by atoms with Crippen LogP contribution in [0, 0.1) is 0 Å². The standard InChI is InChI=1S/C17H14ClN5O4/c1-25-14-7-5-11(6-8-14)17(24)20-16-15(22-27-23-16)10-19-26-21-13-4-2-3-12(18)9-13/h2-10,21H,1H3,(H,20,23,24)/b19-10+. The number of benzene rings is 2. The quantitative estimate of drug-likeness (QED) is 0.472. The summed E-state index contributed by atoms with van der Waals surface area (Å²) >= 11 is 5.86. The van der Waals surface area contributed by atoms with E-state index in [0.29, 0.717) is 22.0 Å². The van der Waals surface area contributed by atoms with E-state index in [0.717, 1.165) is 0 Å². The molecule has 0 bridgehead atoms. The number of ether oxygens (including phenoxy) is 1. The second kappa shape index (κ2) is 8.68. The molecule has 9 nitrogen and oxygen atoms in total. The van der Waals surface area contributed by atoms with Gasteiger partial charge in [-0.3, -0.25) is 9.73 Å². The molecule has 0 unspecified atom stereocenters. The van der Waals surface area contributed by atoms with E-state index in [-0.39, 0.29) is 17.4 Å². The smallest absolute Gasteiger partial charge is 0.256 e. The minimum atomic E-state index is -0.388. The average Bonchev–Trinajstić information content (AvgIpc) is 3.12. The van der Waals surface area contributed by atoms with Crippen LogP contribution in [0.4, 0.5) is 11.5 Å². The lowest BCUT2D eigenvalue weighted by atomic mass is 10.2. The van der Waals surface area contributed by atoms with E-state index in [1.165, 1.54) is 6.21 Å². The molecule has 1 aromatic heterocycles. The summed E-state index contributed by atoms with van der Waals surface area (Å²) in [5, 5.41) is 14.1. The van der Waals surface area contributed by atoms with Crippen LogP contribution in [-0.4, -0.2) is 29.5 Å². The molecule has 2 aromatic carbocycles. The highest BCUT2D eigenvalue weighted by Gasteiger charge is 2.13. The van der Waals surface area contributed by atoms with Crippen molar-refractivity contribution in [3.05, 3.63) is 64.8 Å². The van der Waals surface area contributed by atoms with Crippen molar-refractivity contribution in [3.8, 4) is 5.75 Å². The van der Waals surface area contributed by atoms with E-state index in [1.54, 1.807) is 55.6 Å². The van der Waals surface area contributed by atoms with E-state index in [2.05, 4.69) is 30.9 Å². The maximum atomic E-state index is 12.2. The molecule has 0 spiro atoms. The van der Waals surface area contributed by atoms with E-state index in [4.69, 9.17) is 21.3 Å². The molecular formula is C17H14ClN5O4. The van der Waals surface area contributed by atoms with E-state index in [9.17, 15) is 4.79 Å². The number of halogens is 1. The van der Waals surface area contributed by atoms with E-state index < -0.39 is 0 Å². The molecule has 0 aliphatic carbocycles. The van der Waals surface area contributed by atoms with Crippen molar-refractivity contribution in [3.63, 3.8) is 0 Å². The monoisotopic (exact) mass is 387 g/mol. The number of nitrogens with zero attached hydrogens (tertiary/aromatic N) is 3. The molecule has 2 N–H and O–H groups in total. The van der Waals surface area contributed by atoms with E-state index in [1.807, 2.05) is 0 Å². The first-order valence-corrected chi connectivity index (χ1v) is 8.02. The second-order valence-corrected chi connectivity index (χ2v) is 5.56. The summed E-state index contributed by atoms with van der Waals surface area (Å²) < 4.78 is 9.68. The van der Waals surface area contributed by atoms with Gasteiger partial charge in [0.05, 0.1) is 12.8 Å². The first kappa shape index (κ1) is 18.2. The van der Waals surface area contributed by atoms with Gasteiger partial charge in [-0.25, -0.2) is 4.63 Å². The van der Waals surface area contributed by atoms with Gasteiger partial charge in [0.15, 0.2) is 5.69 Å². The third-order valence-electron chi connectivity index (χ3n) is 3.31. The minimum absolute atomic E-state index is 0.103. The van der Waals surface area contributed by atoms with Gasteiger partial charge in [-0.15, -0.1) is 0 Å². The Labute approximate surface area is 158 Å². The number of aromatic nitrogens is 2. The van der Waals surface area contributed by atoms with Crippen molar-refractivity contribution in [2.75, 3.05) is 17.9 Å². The summed E-state index contributed by atoms with van der Waals surface area (Å²) in [4.78, 5) is 17.2. The molecule has 10 heteroatoms. The highest BCUT2D eigenvalue weighted by Crippen LogP contribution is 2.15. The molecule has 3 aromatic rings. The van der Waals surface area contributed by atoms with Gasteiger partial charge in [0.1, 0.15) is 12.0 Å². The highest BCUT2D eigenvalue weighted by atomic mass is 35.5. The Morgan fingerprint density at radius 1 is 1.22 bits per heavy atom. The number of oxime groups is 1. The van der Waals surface area contributed by atoms with Crippen LogP contribution in [0.1, 0.15) is 16.1 Å². The predicted octanol–water partition coefficient (Wildman–Crippen LogP) is 3.36. The van der Waals surface area contributed by atoms with Crippen LogP contribution in [0.25, 0.3) is 0 Å². The van der Waals surface area contributed by atoms with Gasteiger partial charge in [0, 0.05) is 10.6 Å². The van der Waals surface area contributed by atoms with Crippen LogP contribution in [0.3, 0.4) is 0 Å². The summed E-state index contributed by atoms with van der Waals surface area (Å²) in [6, 6.07) is 13.5. The molecular weight excluding hydrogens is 374 g/mol. The molecule has 27 heavy (non-hydrogen) atoms. The summed E-state index contributed by atoms with van der Waals surface area (Å²) in [6.07, 6.45) is 1.23. The van der Waals surface area contributed by atoms with Gasteiger partial charge in [-0.05, 0) is 52.8 Å². The van der Waals surface area contributed by atoms with Gasteiger partial charge in [-0.2, -0.15) is 5.48 Å². The zero-order valence-corrected chi connectivity index (χ0v) is 14.8. The number of rotatable bonds is 7. The molecule has 1 heterocycles. The largest absolute Gasteiger partial charge is 0.497 e. The van der Waals surface area contributed by atoms with Crippen LogP contribution >= 0.6 is 11.6 Å². The molecule has 0 aliphatic rings. The maximum absolute atomic E-state index is 12.2. The Bertz CT molecular complexity index is 943. The number of carbonyl (C=O) groups excluding carboxylic acids is 1. The maximum Gasteiger partial charge on any atom is 0.256 e. The van der Waals surface area contributed by atoms with Crippen molar-refractivity contribution in [1.82, 2.24) is 10.3 Å². The summed E-state index contributed by atoms with van der Waals surface area (Å²) in [5.41, 5.74) is 3.80. The first-order valence-electron chi connectivity index (χ1n) is 7.64. The van der Waals surface area contributed by atoms with Crippen LogP contribution in [0.15, 0.2) is 58.3 Å². The number of nitrogens with one attached hydrogen (secondary N) is 2. The fourth-order valence-corrected chi connectivity index (χ4v) is 2.19. The number of hydrogen-bond acceptors (Lipinski definition) is 8. The molecule has 0 fully saturated rings. The lowest BCUT2D eigenvalue weighted by Crippen LogP contribution is -2.13. The zero-order valence-electron chi connectivity index (χ0n) is 14.0. The number of anilines is 2. The number of amides is 1. The van der Waals surface area contributed by atoms with Crippen LogP contribution in [0.5, 0.6) is 5.75 Å². The van der Waals surface area contributed by atoms with Crippen molar-refractivity contribution < 1.29 is 19.1 Å². The minimum Gasteiger partial charge on any atom is -0.497 e. The first-order chi connectivity index (χ1) is 13.2. The van der Waals surface area contributed by atoms with Crippen molar-refractivity contribution in [2.45, 2.75) is 0 Å². The highest BCUT2D eigenvalue weighted by molar-refractivity contribution is 6.30. The third kappa shape index (κ3) is 4.95. The average molecular weight is 388 g/mol. The van der Waals surface area contributed by atoms with Gasteiger partial charge < -0.3 is 10.1 Å². The Kier molecular flexibility index (Phi) is 5.85. The third-order valence-corrected chi connectivity index (χ3v) is 3.55.